The molecule has 6 nitrogen and oxygen atoms in total. The van der Waals surface area contributed by atoms with Crippen LogP contribution in [0.4, 0.5) is 0 Å². The predicted octanol–water partition coefficient (Wildman–Crippen LogP) is 5.25. The van der Waals surface area contributed by atoms with E-state index in [2.05, 4.69) is 43.4 Å². The lowest BCUT2D eigenvalue weighted by molar-refractivity contribution is -0.139. The highest BCUT2D eigenvalue weighted by molar-refractivity contribution is 8.16. The number of carbonyl (C=O) groups is 2. The fourth-order valence-electron chi connectivity index (χ4n) is 4.27. The van der Waals surface area contributed by atoms with E-state index in [1.165, 1.54) is 16.6 Å². The number of benzene rings is 1. The van der Waals surface area contributed by atoms with Crippen LogP contribution >= 0.6 is 23.1 Å². The number of esters is 1. The van der Waals surface area contributed by atoms with E-state index in [0.717, 1.165) is 34.0 Å². The quantitative estimate of drug-likeness (QED) is 0.507. The summed E-state index contributed by atoms with van der Waals surface area (Å²) in [4.78, 5) is 33.9. The van der Waals surface area contributed by atoms with E-state index in [1.807, 2.05) is 28.7 Å². The first-order chi connectivity index (χ1) is 16.4. The van der Waals surface area contributed by atoms with Gasteiger partial charge in [-0.15, -0.1) is 11.3 Å². The number of nitrogens with zero attached hydrogens (tertiary/aromatic N) is 2. The van der Waals surface area contributed by atoms with Crippen LogP contribution in [0.25, 0.3) is 0 Å². The number of thioether (sulfide) groups is 1. The lowest BCUT2D eigenvalue weighted by Gasteiger charge is -2.37. The van der Waals surface area contributed by atoms with Gasteiger partial charge in [0.05, 0.1) is 30.3 Å². The summed E-state index contributed by atoms with van der Waals surface area (Å²) in [7, 11) is 0. The Morgan fingerprint density at radius 2 is 2.03 bits per heavy atom. The number of rotatable bonds is 8. The Morgan fingerprint density at radius 3 is 2.74 bits per heavy atom. The number of amidine groups is 1. The van der Waals surface area contributed by atoms with Crippen LogP contribution in [0.5, 0.6) is 0 Å². The first-order valence-corrected chi connectivity index (χ1v) is 13.1. The number of carbonyl (C=O) groups excluding carboxylic acids is 2. The van der Waals surface area contributed by atoms with E-state index in [0.29, 0.717) is 17.8 Å². The van der Waals surface area contributed by atoms with Crippen molar-refractivity contribution in [3.05, 3.63) is 79.7 Å². The fraction of sp³-hybridized carbons (Fsp3) is 0.346. The van der Waals surface area contributed by atoms with Gasteiger partial charge in [-0.1, -0.05) is 41.6 Å². The number of fused-ring (bicyclic) bond motifs is 1. The van der Waals surface area contributed by atoms with Crippen molar-refractivity contribution in [1.29, 1.82) is 0 Å². The van der Waals surface area contributed by atoms with Gasteiger partial charge in [0.2, 0.25) is 5.91 Å². The van der Waals surface area contributed by atoms with E-state index in [4.69, 9.17) is 9.73 Å². The molecular formula is C26H29N3O3S2. The van der Waals surface area contributed by atoms with Crippen LogP contribution in [0.15, 0.2) is 63.1 Å². The average Bonchev–Trinajstić information content (AvgIpc) is 3.43. The first-order valence-electron chi connectivity index (χ1n) is 11.4. The molecular weight excluding hydrogens is 466 g/mol. The second kappa shape index (κ2) is 10.6. The van der Waals surface area contributed by atoms with Gasteiger partial charge in [0.1, 0.15) is 0 Å². The van der Waals surface area contributed by atoms with Crippen LogP contribution in [0.2, 0.25) is 0 Å². The van der Waals surface area contributed by atoms with Gasteiger partial charge in [-0.2, -0.15) is 0 Å². The highest BCUT2D eigenvalue weighted by Gasteiger charge is 2.41. The Hall–Kier alpha value is -2.84. The fourth-order valence-corrected chi connectivity index (χ4v) is 5.95. The number of aliphatic imine (C=N–C) groups is 1. The molecule has 0 spiro atoms. The SMILES string of the molecule is CCOC(=O)C1=C(C)N=C2SC=C(CC(=O)NCCc3cccs3)N2[C@H]1c1ccc(C)cc1C. The van der Waals surface area contributed by atoms with Crippen LogP contribution in [0.3, 0.4) is 0 Å². The van der Waals surface area contributed by atoms with Crippen LogP contribution in [0, 0.1) is 13.8 Å². The molecule has 1 aromatic carbocycles. The molecule has 0 aliphatic carbocycles. The van der Waals surface area contributed by atoms with Gasteiger partial charge in [0.15, 0.2) is 5.17 Å². The third-order valence-electron chi connectivity index (χ3n) is 5.83. The topological polar surface area (TPSA) is 71.0 Å². The molecule has 0 saturated heterocycles. The van der Waals surface area contributed by atoms with Crippen molar-refractivity contribution < 1.29 is 14.3 Å². The number of hydrogen-bond acceptors (Lipinski definition) is 7. The Bertz CT molecular complexity index is 1180. The Balaban J connectivity index is 1.60. The van der Waals surface area contributed by atoms with Gasteiger partial charge < -0.3 is 15.0 Å². The summed E-state index contributed by atoms with van der Waals surface area (Å²) >= 11 is 3.18. The van der Waals surface area contributed by atoms with E-state index in [1.54, 1.807) is 18.3 Å². The molecule has 4 rings (SSSR count). The minimum Gasteiger partial charge on any atom is -0.463 e. The molecule has 1 N–H and O–H groups in total. The van der Waals surface area contributed by atoms with E-state index in [9.17, 15) is 9.59 Å². The molecule has 34 heavy (non-hydrogen) atoms. The van der Waals surface area contributed by atoms with Gasteiger partial charge in [-0.05, 0) is 62.1 Å². The third kappa shape index (κ3) is 5.13. The normalized spacial score (nSPS) is 17.3. The molecule has 2 aliphatic heterocycles. The standard InChI is InChI=1S/C26H29N3O3S2/c1-5-32-25(31)23-18(4)28-26-29(24(23)21-9-8-16(2)13-17(21)3)19(15-34-26)14-22(30)27-11-10-20-7-6-12-33-20/h6-9,12-13,15,24H,5,10-11,14H2,1-4H3,(H,27,30)/t24-/m0/s1. The highest BCUT2D eigenvalue weighted by atomic mass is 32.2. The second-order valence-corrected chi connectivity index (χ2v) is 10.2. The van der Waals surface area contributed by atoms with E-state index in [-0.39, 0.29) is 24.9 Å². The smallest absolute Gasteiger partial charge is 0.338 e. The number of nitrogens with one attached hydrogen (secondary N) is 1. The minimum atomic E-state index is -0.396. The van der Waals surface area contributed by atoms with Crippen molar-refractivity contribution in [3.63, 3.8) is 0 Å². The summed E-state index contributed by atoms with van der Waals surface area (Å²) in [5.41, 5.74) is 5.24. The van der Waals surface area contributed by atoms with Crippen LogP contribution < -0.4 is 5.32 Å². The number of aryl methyl sites for hydroxylation is 2. The molecule has 0 radical (unpaired) electrons. The van der Waals surface area contributed by atoms with Gasteiger partial charge in [0.25, 0.3) is 0 Å². The van der Waals surface area contributed by atoms with Gasteiger partial charge in [-0.3, -0.25) is 4.79 Å². The number of ether oxygens (including phenoxy) is 1. The van der Waals surface area contributed by atoms with Crippen molar-refractivity contribution in [2.24, 2.45) is 4.99 Å². The molecule has 1 atom stereocenters. The molecule has 1 aromatic heterocycles. The van der Waals surface area contributed by atoms with Gasteiger partial charge >= 0.3 is 5.97 Å². The van der Waals surface area contributed by atoms with Crippen LogP contribution in [-0.4, -0.2) is 35.1 Å². The molecule has 0 saturated carbocycles. The Labute approximate surface area is 208 Å². The molecule has 2 aliphatic rings. The number of allylic oxidation sites excluding steroid dienone is 1. The summed E-state index contributed by atoms with van der Waals surface area (Å²) in [6.45, 7) is 8.63. The molecule has 0 unspecified atom stereocenters. The van der Waals surface area contributed by atoms with Gasteiger partial charge in [-0.25, -0.2) is 9.79 Å². The van der Waals surface area contributed by atoms with Crippen molar-refractivity contribution >= 4 is 40.1 Å². The highest BCUT2D eigenvalue weighted by Crippen LogP contribution is 2.45. The Kier molecular flexibility index (Phi) is 7.58. The molecule has 2 aromatic rings. The van der Waals surface area contributed by atoms with Crippen LogP contribution in [0.1, 0.15) is 47.9 Å². The maximum atomic E-state index is 13.1. The zero-order valence-corrected chi connectivity index (χ0v) is 21.5. The van der Waals surface area contributed by atoms with Crippen molar-refractivity contribution in [2.45, 2.75) is 46.6 Å². The summed E-state index contributed by atoms with van der Waals surface area (Å²) in [6, 6.07) is 9.92. The summed E-state index contributed by atoms with van der Waals surface area (Å²) < 4.78 is 5.42. The molecule has 3 heterocycles. The van der Waals surface area contributed by atoms with Crippen molar-refractivity contribution in [2.75, 3.05) is 13.2 Å². The molecule has 0 bridgehead atoms. The van der Waals surface area contributed by atoms with Crippen molar-refractivity contribution in [3.8, 4) is 0 Å². The molecule has 0 fully saturated rings. The maximum Gasteiger partial charge on any atom is 0.338 e. The third-order valence-corrected chi connectivity index (χ3v) is 7.66. The first kappa shape index (κ1) is 24.3. The largest absolute Gasteiger partial charge is 0.463 e. The summed E-state index contributed by atoms with van der Waals surface area (Å²) in [5, 5.41) is 7.81. The Morgan fingerprint density at radius 1 is 1.21 bits per heavy atom. The van der Waals surface area contributed by atoms with Crippen LogP contribution in [-0.2, 0) is 20.7 Å². The lowest BCUT2D eigenvalue weighted by atomic mass is 9.90. The van der Waals surface area contributed by atoms with Gasteiger partial charge in [0, 0.05) is 17.1 Å². The zero-order valence-electron chi connectivity index (χ0n) is 19.9. The zero-order chi connectivity index (χ0) is 24.2. The number of amides is 1. The van der Waals surface area contributed by atoms with E-state index < -0.39 is 6.04 Å². The summed E-state index contributed by atoms with van der Waals surface area (Å²) in [5.74, 6) is -0.419. The van der Waals surface area contributed by atoms with E-state index >= 15 is 0 Å². The molecule has 178 valence electrons. The number of hydrogen-bond donors (Lipinski definition) is 1. The van der Waals surface area contributed by atoms with Crippen molar-refractivity contribution in [1.82, 2.24) is 10.2 Å². The summed E-state index contributed by atoms with van der Waals surface area (Å²) in [6.07, 6.45) is 1.03. The predicted molar refractivity (Wildman–Crippen MR) is 139 cm³/mol. The maximum absolute atomic E-state index is 13.1. The molecule has 1 amide bonds. The monoisotopic (exact) mass is 495 g/mol. The average molecular weight is 496 g/mol. The second-order valence-electron chi connectivity index (χ2n) is 8.33. The lowest BCUT2D eigenvalue weighted by Crippen LogP contribution is -2.38. The minimum absolute atomic E-state index is 0.0482. The number of thiophene rings is 1. The molecule has 8 heteroatoms.